The van der Waals surface area contributed by atoms with Crippen molar-refractivity contribution in [3.05, 3.63) is 60.6 Å². The Hall–Kier alpha value is -3.29. The molecule has 1 aromatic carbocycles. The van der Waals surface area contributed by atoms with Crippen LogP contribution in [0.3, 0.4) is 0 Å². The number of nitrogens with zero attached hydrogens (tertiary/aromatic N) is 5. The van der Waals surface area contributed by atoms with Crippen molar-refractivity contribution < 1.29 is 9.18 Å². The fraction of sp³-hybridized carbons (Fsp3) is 0.176. The molecule has 2 heterocycles. The lowest BCUT2D eigenvalue weighted by Gasteiger charge is -2.14. The predicted octanol–water partition coefficient (Wildman–Crippen LogP) is 2.05. The van der Waals surface area contributed by atoms with E-state index in [9.17, 15) is 9.18 Å². The summed E-state index contributed by atoms with van der Waals surface area (Å²) in [6.45, 7) is 0. The van der Waals surface area contributed by atoms with Crippen molar-refractivity contribution in [1.82, 2.24) is 19.7 Å². The third kappa shape index (κ3) is 3.97. The predicted molar refractivity (Wildman–Crippen MR) is 92.2 cm³/mol. The van der Waals surface area contributed by atoms with E-state index in [2.05, 4.69) is 20.4 Å². The van der Waals surface area contributed by atoms with Gasteiger partial charge in [-0.1, -0.05) is 12.1 Å². The fourth-order valence-corrected chi connectivity index (χ4v) is 2.35. The van der Waals surface area contributed by atoms with E-state index in [-0.39, 0.29) is 18.1 Å². The summed E-state index contributed by atoms with van der Waals surface area (Å²) in [4.78, 5) is 22.2. The minimum Gasteiger partial charge on any atom is -0.373 e. The van der Waals surface area contributed by atoms with E-state index < -0.39 is 0 Å². The standard InChI is InChI=1S/C17H17FN6O/c1-23(2)15-9-19-11-20-17(15)24-10-14(8-21-24)22-16(25)7-12-4-3-5-13(18)6-12/h3-6,8-11H,7H2,1-2H3,(H,22,25). The Morgan fingerprint density at radius 2 is 2.16 bits per heavy atom. The monoisotopic (exact) mass is 340 g/mol. The van der Waals surface area contributed by atoms with E-state index in [0.29, 0.717) is 17.1 Å². The quantitative estimate of drug-likeness (QED) is 0.769. The molecular formula is C17H17FN6O. The number of nitrogens with one attached hydrogen (secondary N) is 1. The number of halogens is 1. The lowest BCUT2D eigenvalue weighted by Crippen LogP contribution is -2.15. The zero-order valence-electron chi connectivity index (χ0n) is 13.8. The van der Waals surface area contributed by atoms with Gasteiger partial charge in [0.2, 0.25) is 5.91 Å². The number of amides is 1. The zero-order valence-corrected chi connectivity index (χ0v) is 13.8. The van der Waals surface area contributed by atoms with E-state index in [1.165, 1.54) is 24.7 Å². The normalized spacial score (nSPS) is 10.5. The number of hydrogen-bond donors (Lipinski definition) is 1. The average molecular weight is 340 g/mol. The van der Waals surface area contributed by atoms with Crippen molar-refractivity contribution in [3.8, 4) is 5.82 Å². The smallest absolute Gasteiger partial charge is 0.228 e. The molecule has 0 saturated carbocycles. The van der Waals surface area contributed by atoms with Crippen LogP contribution in [0.4, 0.5) is 15.8 Å². The van der Waals surface area contributed by atoms with Crippen molar-refractivity contribution in [2.24, 2.45) is 0 Å². The molecule has 0 unspecified atom stereocenters. The molecule has 0 bridgehead atoms. The first-order valence-corrected chi connectivity index (χ1v) is 7.59. The molecule has 3 rings (SSSR count). The van der Waals surface area contributed by atoms with Crippen molar-refractivity contribution >= 4 is 17.3 Å². The summed E-state index contributed by atoms with van der Waals surface area (Å²) in [5.74, 6) is -0.00982. The van der Waals surface area contributed by atoms with Crippen molar-refractivity contribution in [2.45, 2.75) is 6.42 Å². The maximum absolute atomic E-state index is 13.2. The first-order valence-electron chi connectivity index (χ1n) is 7.59. The highest BCUT2D eigenvalue weighted by Gasteiger charge is 2.11. The Balaban J connectivity index is 1.73. The van der Waals surface area contributed by atoms with Crippen LogP contribution in [0.1, 0.15) is 5.56 Å². The van der Waals surface area contributed by atoms with Crippen LogP contribution in [0.5, 0.6) is 0 Å². The van der Waals surface area contributed by atoms with Crippen molar-refractivity contribution in [3.63, 3.8) is 0 Å². The number of rotatable bonds is 5. The number of benzene rings is 1. The Morgan fingerprint density at radius 1 is 1.32 bits per heavy atom. The Morgan fingerprint density at radius 3 is 2.92 bits per heavy atom. The summed E-state index contributed by atoms with van der Waals surface area (Å²) in [5.41, 5.74) is 1.93. The van der Waals surface area contributed by atoms with Crippen LogP contribution in [0.15, 0.2) is 49.2 Å². The molecule has 0 aliphatic rings. The molecule has 7 nitrogen and oxygen atoms in total. The van der Waals surface area contributed by atoms with Gasteiger partial charge in [0, 0.05) is 14.1 Å². The third-order valence-electron chi connectivity index (χ3n) is 3.49. The highest BCUT2D eigenvalue weighted by molar-refractivity contribution is 5.92. The number of aromatic nitrogens is 4. The SMILES string of the molecule is CN(C)c1cncnc1-n1cc(NC(=O)Cc2cccc(F)c2)cn1. The molecule has 2 aromatic heterocycles. The van der Waals surface area contributed by atoms with Gasteiger partial charge >= 0.3 is 0 Å². The van der Waals surface area contributed by atoms with Crippen LogP contribution in [-0.4, -0.2) is 39.8 Å². The summed E-state index contributed by atoms with van der Waals surface area (Å²) in [7, 11) is 3.76. The third-order valence-corrected chi connectivity index (χ3v) is 3.49. The van der Waals surface area contributed by atoms with Crippen molar-refractivity contribution in [1.29, 1.82) is 0 Å². The van der Waals surface area contributed by atoms with Crippen LogP contribution >= 0.6 is 0 Å². The molecule has 128 valence electrons. The van der Waals surface area contributed by atoms with E-state index in [1.54, 1.807) is 29.2 Å². The molecule has 25 heavy (non-hydrogen) atoms. The van der Waals surface area contributed by atoms with Crippen LogP contribution in [-0.2, 0) is 11.2 Å². The Kier molecular flexibility index (Phi) is 4.69. The summed E-state index contributed by atoms with van der Waals surface area (Å²) < 4.78 is 14.7. The van der Waals surface area contributed by atoms with Crippen LogP contribution < -0.4 is 10.2 Å². The molecule has 8 heteroatoms. The zero-order chi connectivity index (χ0) is 17.8. The minimum atomic E-state index is -0.363. The number of carbonyl (C=O) groups excluding carboxylic acids is 1. The second-order valence-electron chi connectivity index (χ2n) is 5.65. The van der Waals surface area contributed by atoms with E-state index in [0.717, 1.165) is 5.69 Å². The first-order chi connectivity index (χ1) is 12.0. The summed E-state index contributed by atoms with van der Waals surface area (Å²) in [6.07, 6.45) is 6.40. The summed E-state index contributed by atoms with van der Waals surface area (Å²) in [5, 5.41) is 6.98. The minimum absolute atomic E-state index is 0.0827. The fourth-order valence-electron chi connectivity index (χ4n) is 2.35. The largest absolute Gasteiger partial charge is 0.373 e. The van der Waals surface area contributed by atoms with Gasteiger partial charge in [-0.2, -0.15) is 5.10 Å². The first kappa shape index (κ1) is 16.6. The maximum Gasteiger partial charge on any atom is 0.228 e. The molecule has 0 aliphatic heterocycles. The van der Waals surface area contributed by atoms with Gasteiger partial charge in [0.05, 0.1) is 30.7 Å². The molecule has 0 fully saturated rings. The second-order valence-corrected chi connectivity index (χ2v) is 5.65. The molecule has 0 atom stereocenters. The van der Waals surface area contributed by atoms with Gasteiger partial charge < -0.3 is 10.2 Å². The molecule has 0 saturated heterocycles. The van der Waals surface area contributed by atoms with E-state index in [1.807, 2.05) is 19.0 Å². The van der Waals surface area contributed by atoms with Gasteiger partial charge in [0.1, 0.15) is 17.8 Å². The van der Waals surface area contributed by atoms with E-state index in [4.69, 9.17) is 0 Å². The topological polar surface area (TPSA) is 75.9 Å². The molecule has 1 amide bonds. The number of hydrogen-bond acceptors (Lipinski definition) is 5. The van der Waals surface area contributed by atoms with Gasteiger partial charge in [-0.05, 0) is 17.7 Å². The van der Waals surface area contributed by atoms with Crippen LogP contribution in [0.25, 0.3) is 5.82 Å². The van der Waals surface area contributed by atoms with Gasteiger partial charge in [0.15, 0.2) is 5.82 Å². The van der Waals surface area contributed by atoms with Crippen LogP contribution in [0.2, 0.25) is 0 Å². The van der Waals surface area contributed by atoms with Gasteiger partial charge in [-0.3, -0.25) is 4.79 Å². The molecule has 0 spiro atoms. The Labute approximate surface area is 144 Å². The van der Waals surface area contributed by atoms with Crippen molar-refractivity contribution in [2.75, 3.05) is 24.3 Å². The van der Waals surface area contributed by atoms with E-state index >= 15 is 0 Å². The molecule has 1 N–H and O–H groups in total. The maximum atomic E-state index is 13.2. The average Bonchev–Trinajstić information content (AvgIpc) is 3.03. The van der Waals surface area contributed by atoms with Gasteiger partial charge in [0.25, 0.3) is 0 Å². The number of anilines is 2. The summed E-state index contributed by atoms with van der Waals surface area (Å²) in [6, 6.07) is 5.97. The lowest BCUT2D eigenvalue weighted by atomic mass is 10.1. The molecule has 3 aromatic rings. The second kappa shape index (κ2) is 7.08. The molecular weight excluding hydrogens is 323 g/mol. The highest BCUT2D eigenvalue weighted by Crippen LogP contribution is 2.19. The molecule has 0 radical (unpaired) electrons. The Bertz CT molecular complexity index is 892. The van der Waals surface area contributed by atoms with Crippen LogP contribution in [0, 0.1) is 5.82 Å². The number of carbonyl (C=O) groups is 1. The summed E-state index contributed by atoms with van der Waals surface area (Å²) >= 11 is 0. The highest BCUT2D eigenvalue weighted by atomic mass is 19.1. The van der Waals surface area contributed by atoms with Gasteiger partial charge in [-0.15, -0.1) is 0 Å². The van der Waals surface area contributed by atoms with Gasteiger partial charge in [-0.25, -0.2) is 19.0 Å². The molecule has 0 aliphatic carbocycles. The lowest BCUT2D eigenvalue weighted by molar-refractivity contribution is -0.115.